The van der Waals surface area contributed by atoms with E-state index in [0.717, 1.165) is 28.9 Å². The van der Waals surface area contributed by atoms with Crippen molar-refractivity contribution in [2.75, 3.05) is 13.1 Å². The molecule has 0 radical (unpaired) electrons. The largest absolute Gasteiger partial charge is 0.315 e. The molecule has 0 bridgehead atoms. The number of rotatable bonds is 1. The maximum absolute atomic E-state index is 6.13. The van der Waals surface area contributed by atoms with E-state index in [-0.39, 0.29) is 0 Å². The molecule has 5 heteroatoms. The van der Waals surface area contributed by atoms with Gasteiger partial charge in [0.2, 0.25) is 0 Å². The van der Waals surface area contributed by atoms with Gasteiger partial charge < -0.3 is 9.72 Å². The Morgan fingerprint density at radius 3 is 3.00 bits per heavy atom. The third-order valence-electron chi connectivity index (χ3n) is 2.75. The molecule has 0 saturated carbocycles. The van der Waals surface area contributed by atoms with Crippen LogP contribution in [0.2, 0.25) is 5.15 Å². The molecule has 1 aliphatic rings. The molecule has 1 saturated heterocycles. The monoisotopic (exact) mass is 285 g/mol. The van der Waals surface area contributed by atoms with E-state index in [1.807, 2.05) is 18.3 Å². The van der Waals surface area contributed by atoms with Crippen molar-refractivity contribution in [3.8, 4) is 0 Å². The molecule has 3 heterocycles. The lowest BCUT2D eigenvalue weighted by Crippen LogP contribution is -2.40. The van der Waals surface area contributed by atoms with Crippen LogP contribution in [0.1, 0.15) is 11.7 Å². The summed E-state index contributed by atoms with van der Waals surface area (Å²) in [7, 11) is 0. The van der Waals surface area contributed by atoms with Gasteiger partial charge in [0.25, 0.3) is 0 Å². The van der Waals surface area contributed by atoms with Crippen molar-refractivity contribution < 1.29 is 0 Å². The lowest BCUT2D eigenvalue weighted by atomic mass is 10.0. The van der Waals surface area contributed by atoms with E-state index in [2.05, 4.69) is 30.6 Å². The molecule has 0 unspecified atom stereocenters. The van der Waals surface area contributed by atoms with E-state index < -0.39 is 0 Å². The summed E-state index contributed by atoms with van der Waals surface area (Å²) >= 11 is 9.61. The van der Waals surface area contributed by atoms with Crippen molar-refractivity contribution in [3.63, 3.8) is 0 Å². The van der Waals surface area contributed by atoms with Gasteiger partial charge in [-0.2, -0.15) is 0 Å². The zero-order chi connectivity index (χ0) is 10.4. The molecule has 2 aromatic heterocycles. The highest BCUT2D eigenvalue weighted by molar-refractivity contribution is 9.10. The van der Waals surface area contributed by atoms with Crippen LogP contribution < -0.4 is 5.32 Å². The van der Waals surface area contributed by atoms with Gasteiger partial charge in [-0.25, -0.2) is 4.98 Å². The van der Waals surface area contributed by atoms with Crippen molar-refractivity contribution in [1.29, 1.82) is 0 Å². The minimum Gasteiger partial charge on any atom is -0.315 e. The summed E-state index contributed by atoms with van der Waals surface area (Å²) in [5.41, 5.74) is 0.959. The topological polar surface area (TPSA) is 29.3 Å². The van der Waals surface area contributed by atoms with Gasteiger partial charge in [0.1, 0.15) is 5.82 Å². The molecule has 2 aromatic rings. The smallest absolute Gasteiger partial charge is 0.156 e. The first kappa shape index (κ1) is 9.63. The third kappa shape index (κ3) is 1.40. The zero-order valence-electron chi connectivity index (χ0n) is 7.87. The Kier molecular flexibility index (Phi) is 2.23. The molecule has 0 aromatic carbocycles. The second-order valence-corrected chi connectivity index (χ2v) is 4.90. The Morgan fingerprint density at radius 1 is 1.53 bits per heavy atom. The predicted molar refractivity (Wildman–Crippen MR) is 63.5 cm³/mol. The number of aromatic nitrogens is 2. The lowest BCUT2D eigenvalue weighted by Gasteiger charge is -2.25. The quantitative estimate of drug-likeness (QED) is 0.872. The van der Waals surface area contributed by atoms with Crippen molar-refractivity contribution in [1.82, 2.24) is 14.7 Å². The first-order chi connectivity index (χ1) is 7.27. The highest BCUT2D eigenvalue weighted by atomic mass is 79.9. The van der Waals surface area contributed by atoms with Crippen LogP contribution in [0.4, 0.5) is 0 Å². The summed E-state index contributed by atoms with van der Waals surface area (Å²) in [5.74, 6) is 1.54. The van der Waals surface area contributed by atoms with Gasteiger partial charge in [0.05, 0.1) is 5.52 Å². The molecule has 0 atom stereocenters. The summed E-state index contributed by atoms with van der Waals surface area (Å²) in [5, 5.41) is 3.81. The summed E-state index contributed by atoms with van der Waals surface area (Å²) < 4.78 is 3.05. The van der Waals surface area contributed by atoms with Crippen molar-refractivity contribution in [2.24, 2.45) is 0 Å². The van der Waals surface area contributed by atoms with E-state index in [1.54, 1.807) is 0 Å². The molecule has 1 fully saturated rings. The molecule has 78 valence electrons. The van der Waals surface area contributed by atoms with Gasteiger partial charge in [-0.3, -0.25) is 0 Å². The Labute approximate surface area is 101 Å². The number of nitrogens with one attached hydrogen (secondary N) is 1. The van der Waals surface area contributed by atoms with Crippen molar-refractivity contribution in [2.45, 2.75) is 5.92 Å². The average molecular weight is 287 g/mol. The van der Waals surface area contributed by atoms with Crippen LogP contribution >= 0.6 is 27.5 Å². The van der Waals surface area contributed by atoms with E-state index >= 15 is 0 Å². The number of hydrogen-bond donors (Lipinski definition) is 1. The van der Waals surface area contributed by atoms with E-state index in [0.29, 0.717) is 11.1 Å². The molecule has 0 spiro atoms. The average Bonchev–Trinajstić information content (AvgIpc) is 2.43. The number of imidazole rings is 1. The van der Waals surface area contributed by atoms with Gasteiger partial charge in [-0.15, -0.1) is 0 Å². The standard InChI is InChI=1S/C10H9BrClN3/c11-7-2-1-3-15-8(7)9(12)14-10(15)6-4-13-5-6/h1-3,6,13H,4-5H2. The summed E-state index contributed by atoms with van der Waals surface area (Å²) in [4.78, 5) is 4.43. The van der Waals surface area contributed by atoms with E-state index in [9.17, 15) is 0 Å². The van der Waals surface area contributed by atoms with Crippen molar-refractivity contribution >= 4 is 33.0 Å². The van der Waals surface area contributed by atoms with Crippen LogP contribution in [0.5, 0.6) is 0 Å². The second kappa shape index (κ2) is 3.47. The van der Waals surface area contributed by atoms with Gasteiger partial charge in [-0.05, 0) is 28.1 Å². The Morgan fingerprint density at radius 2 is 2.33 bits per heavy atom. The lowest BCUT2D eigenvalue weighted by molar-refractivity contribution is 0.429. The van der Waals surface area contributed by atoms with Crippen LogP contribution in [-0.2, 0) is 0 Å². The van der Waals surface area contributed by atoms with Gasteiger partial charge in [-0.1, -0.05) is 11.6 Å². The minimum atomic E-state index is 0.485. The molecule has 1 N–H and O–H groups in total. The highest BCUT2D eigenvalue weighted by Crippen LogP contribution is 2.29. The summed E-state index contributed by atoms with van der Waals surface area (Å²) in [6.07, 6.45) is 2.01. The third-order valence-corrected chi connectivity index (χ3v) is 3.65. The predicted octanol–water partition coefficient (Wildman–Crippen LogP) is 2.44. The second-order valence-electron chi connectivity index (χ2n) is 3.69. The number of pyridine rings is 1. The maximum Gasteiger partial charge on any atom is 0.156 e. The summed E-state index contributed by atoms with van der Waals surface area (Å²) in [6.45, 7) is 1.98. The normalized spacial score (nSPS) is 16.9. The van der Waals surface area contributed by atoms with Gasteiger partial charge in [0, 0.05) is 29.7 Å². The van der Waals surface area contributed by atoms with Crippen LogP contribution in [-0.4, -0.2) is 22.5 Å². The molecule has 3 rings (SSSR count). The Bertz CT molecular complexity index is 519. The van der Waals surface area contributed by atoms with E-state index in [1.165, 1.54) is 0 Å². The zero-order valence-corrected chi connectivity index (χ0v) is 10.2. The number of hydrogen-bond acceptors (Lipinski definition) is 2. The molecular formula is C10H9BrClN3. The van der Waals surface area contributed by atoms with Crippen LogP contribution in [0.3, 0.4) is 0 Å². The number of fused-ring (bicyclic) bond motifs is 1. The number of halogens is 2. The number of nitrogens with zero attached hydrogens (tertiary/aromatic N) is 2. The van der Waals surface area contributed by atoms with Gasteiger partial charge in [0.15, 0.2) is 5.15 Å². The Balaban J connectivity index is 2.27. The minimum absolute atomic E-state index is 0.485. The highest BCUT2D eigenvalue weighted by Gasteiger charge is 2.25. The molecule has 0 aliphatic carbocycles. The van der Waals surface area contributed by atoms with Crippen LogP contribution in [0.25, 0.3) is 5.52 Å². The first-order valence-corrected chi connectivity index (χ1v) is 5.97. The fraction of sp³-hybridized carbons (Fsp3) is 0.300. The first-order valence-electron chi connectivity index (χ1n) is 4.80. The molecular weight excluding hydrogens is 277 g/mol. The summed E-state index contributed by atoms with van der Waals surface area (Å²) in [6, 6.07) is 3.97. The molecule has 0 amide bonds. The fourth-order valence-corrected chi connectivity index (χ4v) is 2.76. The fourth-order valence-electron chi connectivity index (χ4n) is 1.84. The molecule has 3 nitrogen and oxygen atoms in total. The molecule has 15 heavy (non-hydrogen) atoms. The molecule has 1 aliphatic heterocycles. The van der Waals surface area contributed by atoms with Crippen LogP contribution in [0.15, 0.2) is 22.8 Å². The van der Waals surface area contributed by atoms with Crippen LogP contribution in [0, 0.1) is 0 Å². The van der Waals surface area contributed by atoms with E-state index in [4.69, 9.17) is 11.6 Å². The van der Waals surface area contributed by atoms with Gasteiger partial charge >= 0.3 is 0 Å². The SMILES string of the molecule is Clc1nc(C2CNC2)n2cccc(Br)c12. The van der Waals surface area contributed by atoms with Crippen molar-refractivity contribution in [3.05, 3.63) is 33.8 Å². The Hall–Kier alpha value is -0.580. The maximum atomic E-state index is 6.13.